The molecule has 1 N–H and O–H groups in total. The zero-order valence-electron chi connectivity index (χ0n) is 14.9. The van der Waals surface area contributed by atoms with Crippen LogP contribution in [0.3, 0.4) is 0 Å². The van der Waals surface area contributed by atoms with Gasteiger partial charge >= 0.3 is 0 Å². The fourth-order valence-electron chi connectivity index (χ4n) is 2.52. The summed E-state index contributed by atoms with van der Waals surface area (Å²) in [7, 11) is 0. The predicted molar refractivity (Wildman–Crippen MR) is 102 cm³/mol. The van der Waals surface area contributed by atoms with E-state index in [1.165, 1.54) is 16.9 Å². The average Bonchev–Trinajstić information content (AvgIpc) is 3.14. The molecule has 2 heterocycles. The third-order valence-corrected chi connectivity index (χ3v) is 4.53. The third kappa shape index (κ3) is 4.14. The van der Waals surface area contributed by atoms with Crippen molar-refractivity contribution in [2.24, 2.45) is 5.92 Å². The number of nitrogens with zero attached hydrogens (tertiary/aromatic N) is 3. The second kappa shape index (κ2) is 7.19. The maximum Gasteiger partial charge on any atom is 0.225 e. The third-order valence-electron chi connectivity index (χ3n) is 3.71. The smallest absolute Gasteiger partial charge is 0.225 e. The summed E-state index contributed by atoms with van der Waals surface area (Å²) >= 11 is 1.51. The molecule has 0 aliphatic rings. The first kappa shape index (κ1) is 17.4. The minimum Gasteiger partial charge on any atom is -0.310 e. The summed E-state index contributed by atoms with van der Waals surface area (Å²) in [6.45, 7) is 8.02. The molecule has 0 spiro atoms. The number of nitrogens with one attached hydrogen (secondary N) is 1. The fourth-order valence-corrected chi connectivity index (χ4v) is 3.31. The van der Waals surface area contributed by atoms with Crippen LogP contribution in [0, 0.1) is 19.8 Å². The molecular formula is C19H22N4OS. The first-order valence-electron chi connectivity index (χ1n) is 8.32. The molecule has 0 atom stereocenters. The summed E-state index contributed by atoms with van der Waals surface area (Å²) in [4.78, 5) is 16.8. The van der Waals surface area contributed by atoms with Crippen LogP contribution in [0.4, 0.5) is 5.82 Å². The molecule has 0 saturated carbocycles. The van der Waals surface area contributed by atoms with E-state index in [0.29, 0.717) is 18.2 Å². The number of aryl methyl sites for hydroxylation is 2. The van der Waals surface area contributed by atoms with E-state index in [0.717, 1.165) is 22.1 Å². The molecule has 0 bridgehead atoms. The van der Waals surface area contributed by atoms with Crippen LogP contribution in [0.25, 0.3) is 16.4 Å². The Labute approximate surface area is 151 Å². The van der Waals surface area contributed by atoms with Gasteiger partial charge in [-0.15, -0.1) is 11.3 Å². The quantitative estimate of drug-likeness (QED) is 0.728. The van der Waals surface area contributed by atoms with Crippen LogP contribution in [0.1, 0.15) is 31.5 Å². The van der Waals surface area contributed by atoms with E-state index in [2.05, 4.69) is 41.6 Å². The Balaban J connectivity index is 1.87. The Morgan fingerprint density at radius 3 is 2.64 bits per heavy atom. The largest absolute Gasteiger partial charge is 0.310 e. The summed E-state index contributed by atoms with van der Waals surface area (Å²) in [5, 5.41) is 10.2. The van der Waals surface area contributed by atoms with Crippen molar-refractivity contribution < 1.29 is 4.79 Å². The number of anilines is 1. The lowest BCUT2D eigenvalue weighted by molar-refractivity contribution is -0.116. The second-order valence-corrected chi connectivity index (χ2v) is 7.45. The van der Waals surface area contributed by atoms with E-state index < -0.39 is 0 Å². The van der Waals surface area contributed by atoms with Gasteiger partial charge in [0.1, 0.15) is 5.82 Å². The topological polar surface area (TPSA) is 59.8 Å². The number of carbonyl (C=O) groups is 1. The standard InChI is InChI=1S/C19H22N4OS/c1-12(2)9-18(24)21-17-10-14(4)22-23(17)19-20-16(11-25-19)15-7-5-13(3)6-8-15/h5-8,10-12H,9H2,1-4H3,(H,21,24). The molecule has 6 heteroatoms. The lowest BCUT2D eigenvalue weighted by Gasteiger charge is -2.08. The highest BCUT2D eigenvalue weighted by atomic mass is 32.1. The fraction of sp³-hybridized carbons (Fsp3) is 0.316. The van der Waals surface area contributed by atoms with Crippen molar-refractivity contribution in [3.8, 4) is 16.4 Å². The molecule has 3 aromatic rings. The van der Waals surface area contributed by atoms with Gasteiger partial charge in [-0.3, -0.25) is 4.79 Å². The number of hydrogen-bond donors (Lipinski definition) is 1. The maximum atomic E-state index is 12.1. The van der Waals surface area contributed by atoms with Crippen LogP contribution in [-0.2, 0) is 4.79 Å². The summed E-state index contributed by atoms with van der Waals surface area (Å²) in [6.07, 6.45) is 0.483. The van der Waals surface area contributed by atoms with Gasteiger partial charge in [-0.25, -0.2) is 4.98 Å². The summed E-state index contributed by atoms with van der Waals surface area (Å²) in [5.41, 5.74) is 4.04. The molecule has 0 aliphatic heterocycles. The zero-order chi connectivity index (χ0) is 18.0. The Kier molecular flexibility index (Phi) is 4.99. The summed E-state index contributed by atoms with van der Waals surface area (Å²) in [5.74, 6) is 0.963. The number of amides is 1. The van der Waals surface area contributed by atoms with Crippen molar-refractivity contribution in [3.63, 3.8) is 0 Å². The van der Waals surface area contributed by atoms with Gasteiger partial charge in [-0.1, -0.05) is 43.7 Å². The first-order chi connectivity index (χ1) is 11.9. The van der Waals surface area contributed by atoms with Gasteiger partial charge in [0, 0.05) is 23.4 Å². The van der Waals surface area contributed by atoms with Crippen molar-refractivity contribution in [2.75, 3.05) is 5.32 Å². The van der Waals surface area contributed by atoms with Crippen LogP contribution in [0.5, 0.6) is 0 Å². The number of aromatic nitrogens is 3. The van der Waals surface area contributed by atoms with E-state index in [4.69, 9.17) is 4.98 Å². The Hall–Kier alpha value is -2.47. The molecular weight excluding hydrogens is 332 g/mol. The van der Waals surface area contributed by atoms with Crippen LogP contribution in [-0.4, -0.2) is 20.7 Å². The molecule has 0 fully saturated rings. The Bertz CT molecular complexity index is 877. The maximum absolute atomic E-state index is 12.1. The van der Waals surface area contributed by atoms with Crippen LogP contribution in [0.2, 0.25) is 0 Å². The predicted octanol–water partition coefficient (Wildman–Crippen LogP) is 4.60. The average molecular weight is 354 g/mol. The summed E-state index contributed by atoms with van der Waals surface area (Å²) in [6, 6.07) is 10.1. The first-order valence-corrected chi connectivity index (χ1v) is 9.20. The van der Waals surface area contributed by atoms with Crippen LogP contribution >= 0.6 is 11.3 Å². The van der Waals surface area contributed by atoms with Crippen molar-refractivity contribution in [1.82, 2.24) is 14.8 Å². The lowest BCUT2D eigenvalue weighted by atomic mass is 10.1. The number of rotatable bonds is 5. The molecule has 0 aliphatic carbocycles. The highest BCUT2D eigenvalue weighted by molar-refractivity contribution is 7.12. The van der Waals surface area contributed by atoms with Gasteiger partial charge in [0.15, 0.2) is 0 Å². The Morgan fingerprint density at radius 1 is 1.24 bits per heavy atom. The van der Waals surface area contributed by atoms with Gasteiger partial charge in [0.05, 0.1) is 11.4 Å². The number of carbonyl (C=O) groups excluding carboxylic acids is 1. The monoisotopic (exact) mass is 354 g/mol. The molecule has 1 amide bonds. The molecule has 25 heavy (non-hydrogen) atoms. The second-order valence-electron chi connectivity index (χ2n) is 6.61. The van der Waals surface area contributed by atoms with E-state index in [1.54, 1.807) is 4.68 Å². The molecule has 0 saturated heterocycles. The van der Waals surface area contributed by atoms with Gasteiger partial charge in [0.2, 0.25) is 11.0 Å². The molecule has 0 radical (unpaired) electrons. The van der Waals surface area contributed by atoms with E-state index in [9.17, 15) is 4.79 Å². The molecule has 2 aromatic heterocycles. The molecule has 130 valence electrons. The molecule has 5 nitrogen and oxygen atoms in total. The van der Waals surface area contributed by atoms with Crippen molar-refractivity contribution >= 4 is 23.1 Å². The number of hydrogen-bond acceptors (Lipinski definition) is 4. The van der Waals surface area contributed by atoms with E-state index in [1.807, 2.05) is 32.2 Å². The normalized spacial score (nSPS) is 11.1. The lowest BCUT2D eigenvalue weighted by Crippen LogP contribution is -2.16. The number of benzene rings is 1. The van der Waals surface area contributed by atoms with Crippen molar-refractivity contribution in [3.05, 3.63) is 47.0 Å². The molecule has 0 unspecified atom stereocenters. The highest BCUT2D eigenvalue weighted by Crippen LogP contribution is 2.26. The van der Waals surface area contributed by atoms with E-state index >= 15 is 0 Å². The minimum absolute atomic E-state index is 0.00790. The number of thiazole rings is 1. The van der Waals surface area contributed by atoms with Crippen LogP contribution < -0.4 is 5.32 Å². The van der Waals surface area contributed by atoms with Gasteiger partial charge in [-0.2, -0.15) is 9.78 Å². The molecule has 1 aromatic carbocycles. The van der Waals surface area contributed by atoms with Gasteiger partial charge in [-0.05, 0) is 19.8 Å². The van der Waals surface area contributed by atoms with E-state index in [-0.39, 0.29) is 5.91 Å². The summed E-state index contributed by atoms with van der Waals surface area (Å²) < 4.78 is 1.70. The highest BCUT2D eigenvalue weighted by Gasteiger charge is 2.15. The van der Waals surface area contributed by atoms with Gasteiger partial charge in [0.25, 0.3) is 0 Å². The van der Waals surface area contributed by atoms with Crippen LogP contribution in [0.15, 0.2) is 35.7 Å². The SMILES string of the molecule is Cc1ccc(-c2csc(-n3nc(C)cc3NC(=O)CC(C)C)n2)cc1. The van der Waals surface area contributed by atoms with Gasteiger partial charge < -0.3 is 5.32 Å². The van der Waals surface area contributed by atoms with Crippen molar-refractivity contribution in [1.29, 1.82) is 0 Å². The zero-order valence-corrected chi connectivity index (χ0v) is 15.7. The Morgan fingerprint density at radius 2 is 1.96 bits per heavy atom. The molecule has 3 rings (SSSR count). The minimum atomic E-state index is -0.00790. The van der Waals surface area contributed by atoms with Crippen molar-refractivity contribution in [2.45, 2.75) is 34.1 Å².